The molecule has 1 saturated heterocycles. The molecule has 6 nitrogen and oxygen atoms in total. The van der Waals surface area contributed by atoms with Gasteiger partial charge in [-0.05, 0) is 38.5 Å². The number of morpholine rings is 1. The number of thioether (sulfide) groups is 1. The molecule has 0 spiro atoms. The van der Waals surface area contributed by atoms with Gasteiger partial charge in [0.15, 0.2) is 5.96 Å². The van der Waals surface area contributed by atoms with Crippen LogP contribution in [0.1, 0.15) is 31.7 Å². The quantitative estimate of drug-likeness (QED) is 0.352. The van der Waals surface area contributed by atoms with E-state index < -0.39 is 0 Å². The van der Waals surface area contributed by atoms with Crippen molar-refractivity contribution in [2.45, 2.75) is 44.0 Å². The maximum absolute atomic E-state index is 5.46. The number of hydrogen-bond donors (Lipinski definition) is 2. The van der Waals surface area contributed by atoms with E-state index in [-0.39, 0.29) is 24.0 Å². The lowest BCUT2D eigenvalue weighted by molar-refractivity contribution is 0.122. The maximum Gasteiger partial charge on any atom is 0.191 e. The molecule has 2 N–H and O–H groups in total. The Morgan fingerprint density at radius 2 is 2.19 bits per heavy atom. The van der Waals surface area contributed by atoms with Crippen molar-refractivity contribution in [2.75, 3.05) is 44.0 Å². The number of ether oxygens (including phenoxy) is 1. The average Bonchev–Trinajstić information content (AvgIpc) is 3.15. The molecule has 2 atom stereocenters. The van der Waals surface area contributed by atoms with Crippen LogP contribution in [-0.4, -0.2) is 61.3 Å². The molecule has 1 aromatic heterocycles. The van der Waals surface area contributed by atoms with Gasteiger partial charge in [0.2, 0.25) is 0 Å². The third-order valence-electron chi connectivity index (χ3n) is 4.99. The molecule has 0 radical (unpaired) electrons. The van der Waals surface area contributed by atoms with E-state index in [4.69, 9.17) is 9.73 Å². The number of anilines is 1. The minimum atomic E-state index is 0. The molecule has 2 aliphatic rings. The molecule has 1 aliphatic carbocycles. The summed E-state index contributed by atoms with van der Waals surface area (Å²) >= 11 is 1.98. The molecule has 1 aliphatic heterocycles. The van der Waals surface area contributed by atoms with Gasteiger partial charge in [0.25, 0.3) is 0 Å². The SMILES string of the molecule is CCNC(=NCc1cccnc1N1CCOCC1)NC1CCC(SC)C1.I. The normalized spacial score (nSPS) is 23.0. The fraction of sp³-hybridized carbons (Fsp3) is 0.684. The van der Waals surface area contributed by atoms with Crippen LogP contribution in [0.15, 0.2) is 23.3 Å². The number of hydrogen-bond acceptors (Lipinski definition) is 5. The van der Waals surface area contributed by atoms with Crippen LogP contribution in [0, 0.1) is 0 Å². The summed E-state index contributed by atoms with van der Waals surface area (Å²) in [5, 5.41) is 7.79. The van der Waals surface area contributed by atoms with Crippen LogP contribution in [0.5, 0.6) is 0 Å². The van der Waals surface area contributed by atoms with Crippen molar-refractivity contribution in [1.29, 1.82) is 0 Å². The molecule has 27 heavy (non-hydrogen) atoms. The first-order chi connectivity index (χ1) is 12.8. The van der Waals surface area contributed by atoms with Crippen molar-refractivity contribution in [3.05, 3.63) is 23.9 Å². The van der Waals surface area contributed by atoms with Gasteiger partial charge in [0.05, 0.1) is 19.8 Å². The van der Waals surface area contributed by atoms with Crippen molar-refractivity contribution < 1.29 is 4.74 Å². The van der Waals surface area contributed by atoms with Crippen molar-refractivity contribution in [1.82, 2.24) is 15.6 Å². The number of halogens is 1. The molecule has 2 unspecified atom stereocenters. The van der Waals surface area contributed by atoms with Crippen LogP contribution in [0.25, 0.3) is 0 Å². The summed E-state index contributed by atoms with van der Waals surface area (Å²) in [5.41, 5.74) is 1.17. The molecule has 3 rings (SSSR count). The number of aliphatic imine (C=N–C) groups is 1. The molecule has 0 bridgehead atoms. The zero-order chi connectivity index (χ0) is 18.2. The second kappa shape index (κ2) is 12.0. The van der Waals surface area contributed by atoms with E-state index in [0.29, 0.717) is 12.6 Å². The van der Waals surface area contributed by atoms with Crippen LogP contribution in [0.4, 0.5) is 5.82 Å². The van der Waals surface area contributed by atoms with Crippen LogP contribution in [0.3, 0.4) is 0 Å². The molecule has 8 heteroatoms. The highest BCUT2D eigenvalue weighted by Crippen LogP contribution is 2.28. The van der Waals surface area contributed by atoms with Crippen LogP contribution in [-0.2, 0) is 11.3 Å². The van der Waals surface area contributed by atoms with Gasteiger partial charge >= 0.3 is 0 Å². The molecule has 1 saturated carbocycles. The van der Waals surface area contributed by atoms with Gasteiger partial charge in [-0.15, -0.1) is 24.0 Å². The van der Waals surface area contributed by atoms with E-state index in [9.17, 15) is 0 Å². The Kier molecular flexibility index (Phi) is 9.99. The molecule has 2 fully saturated rings. The first-order valence-corrected chi connectivity index (χ1v) is 10.9. The summed E-state index contributed by atoms with van der Waals surface area (Å²) in [4.78, 5) is 11.8. The monoisotopic (exact) mass is 505 g/mol. The predicted octanol–water partition coefficient (Wildman–Crippen LogP) is 2.88. The molecular formula is C19H32IN5OS. The second-order valence-corrected chi connectivity index (χ2v) is 7.93. The van der Waals surface area contributed by atoms with Gasteiger partial charge < -0.3 is 20.3 Å². The fourth-order valence-corrected chi connectivity index (χ4v) is 4.37. The fourth-order valence-electron chi connectivity index (χ4n) is 3.58. The Balaban J connectivity index is 0.00000261. The highest BCUT2D eigenvalue weighted by atomic mass is 127. The van der Waals surface area contributed by atoms with Crippen molar-refractivity contribution in [2.24, 2.45) is 4.99 Å². The smallest absolute Gasteiger partial charge is 0.191 e. The van der Waals surface area contributed by atoms with Crippen molar-refractivity contribution in [3.8, 4) is 0 Å². The lowest BCUT2D eigenvalue weighted by atomic mass is 10.2. The van der Waals surface area contributed by atoms with Gasteiger partial charge in [-0.25, -0.2) is 9.98 Å². The zero-order valence-corrected chi connectivity index (χ0v) is 19.5. The van der Waals surface area contributed by atoms with E-state index in [1.54, 1.807) is 0 Å². The molecule has 0 amide bonds. The van der Waals surface area contributed by atoms with Crippen molar-refractivity contribution in [3.63, 3.8) is 0 Å². The average molecular weight is 505 g/mol. The van der Waals surface area contributed by atoms with Gasteiger partial charge in [-0.2, -0.15) is 11.8 Å². The second-order valence-electron chi connectivity index (χ2n) is 6.79. The summed E-state index contributed by atoms with van der Waals surface area (Å²) in [5.74, 6) is 1.95. The summed E-state index contributed by atoms with van der Waals surface area (Å²) in [6.45, 7) is 6.93. The third kappa shape index (κ3) is 6.67. The zero-order valence-electron chi connectivity index (χ0n) is 16.3. The molecule has 1 aromatic rings. The van der Waals surface area contributed by atoms with Gasteiger partial charge in [0, 0.05) is 42.7 Å². The lowest BCUT2D eigenvalue weighted by Gasteiger charge is -2.29. The van der Waals surface area contributed by atoms with E-state index in [1.807, 2.05) is 24.0 Å². The standard InChI is InChI=1S/C19H31N5OS.HI/c1-3-20-19(23-16-6-7-17(13-16)26-2)22-14-15-5-4-8-21-18(15)24-9-11-25-12-10-24;/h4-5,8,16-17H,3,6-7,9-14H2,1-2H3,(H2,20,22,23);1H. The summed E-state index contributed by atoms with van der Waals surface area (Å²) < 4.78 is 5.46. The lowest BCUT2D eigenvalue weighted by Crippen LogP contribution is -2.42. The van der Waals surface area contributed by atoms with Crippen LogP contribution < -0.4 is 15.5 Å². The van der Waals surface area contributed by atoms with E-state index in [0.717, 1.165) is 49.9 Å². The number of aromatic nitrogens is 1. The summed E-state index contributed by atoms with van der Waals surface area (Å²) in [6, 6.07) is 4.65. The van der Waals surface area contributed by atoms with Crippen LogP contribution in [0.2, 0.25) is 0 Å². The highest BCUT2D eigenvalue weighted by molar-refractivity contribution is 14.0. The highest BCUT2D eigenvalue weighted by Gasteiger charge is 2.24. The number of pyridine rings is 1. The number of nitrogens with zero attached hydrogens (tertiary/aromatic N) is 3. The van der Waals surface area contributed by atoms with Crippen molar-refractivity contribution >= 4 is 47.5 Å². The summed E-state index contributed by atoms with van der Waals surface area (Å²) in [7, 11) is 0. The van der Waals surface area contributed by atoms with Crippen LogP contribution >= 0.6 is 35.7 Å². The Morgan fingerprint density at radius 3 is 2.89 bits per heavy atom. The molecule has 0 aromatic carbocycles. The summed E-state index contributed by atoms with van der Waals surface area (Å²) in [6.07, 6.45) is 7.81. The van der Waals surface area contributed by atoms with E-state index >= 15 is 0 Å². The minimum absolute atomic E-state index is 0. The van der Waals surface area contributed by atoms with E-state index in [1.165, 1.54) is 24.8 Å². The number of rotatable bonds is 6. The minimum Gasteiger partial charge on any atom is -0.378 e. The predicted molar refractivity (Wildman–Crippen MR) is 126 cm³/mol. The Hall–Kier alpha value is -0.740. The maximum atomic E-state index is 5.46. The Labute approximate surface area is 184 Å². The Morgan fingerprint density at radius 1 is 1.37 bits per heavy atom. The van der Waals surface area contributed by atoms with Gasteiger partial charge in [0.1, 0.15) is 5.82 Å². The third-order valence-corrected chi connectivity index (χ3v) is 6.08. The molecular weight excluding hydrogens is 473 g/mol. The Bertz CT molecular complexity index is 597. The first-order valence-electron chi connectivity index (χ1n) is 9.64. The largest absolute Gasteiger partial charge is 0.378 e. The first kappa shape index (κ1) is 22.5. The molecule has 2 heterocycles. The van der Waals surface area contributed by atoms with E-state index in [2.05, 4.69) is 39.8 Å². The number of nitrogens with one attached hydrogen (secondary N) is 2. The van der Waals surface area contributed by atoms with Gasteiger partial charge in [-0.3, -0.25) is 0 Å². The topological polar surface area (TPSA) is 61.8 Å². The number of guanidine groups is 1. The molecule has 152 valence electrons. The van der Waals surface area contributed by atoms with Gasteiger partial charge in [-0.1, -0.05) is 6.07 Å².